The van der Waals surface area contributed by atoms with Crippen LogP contribution in [0, 0.1) is 0 Å². The van der Waals surface area contributed by atoms with Crippen LogP contribution in [0.15, 0.2) is 108 Å². The number of unbranched alkanes of at least 4 members (excludes halogenated alkanes) is 4. The molecule has 254 valence electrons. The molecule has 0 saturated heterocycles. The number of carbonyl (C=O) groups is 2. The molecule has 8 heteroatoms. The van der Waals surface area contributed by atoms with E-state index in [-0.39, 0.29) is 17.9 Å². The predicted octanol–water partition coefficient (Wildman–Crippen LogP) is 9.43. The quantitative estimate of drug-likeness (QED) is 0.0763. The number of aromatic nitrogens is 2. The predicted molar refractivity (Wildman–Crippen MR) is 197 cm³/mol. The van der Waals surface area contributed by atoms with E-state index in [1.54, 1.807) is 11.9 Å². The highest BCUT2D eigenvalue weighted by Gasteiger charge is 2.22. The van der Waals surface area contributed by atoms with Gasteiger partial charge in [-0.2, -0.15) is 0 Å². The average molecular weight is 658 g/mol. The van der Waals surface area contributed by atoms with Gasteiger partial charge in [0.25, 0.3) is 0 Å². The number of para-hydroxylation sites is 1. The standard InChI is InChI=1S/C41H47N5O3/c1-4-6-7-8-14-27-42-41(48)46(3)34-20-15-19-33(29-34)31-25-23-30(24-26-31)28-37(40-45-44-38(49-40)16-5-2)43-36-22-13-12-21-35(36)39(47)32-17-10-9-11-18-32/h9-13,15,17-26,29,37,43H,4-8,14,16,27-28H2,1-3H3,(H,42,48). The lowest BCUT2D eigenvalue weighted by molar-refractivity contribution is 0.103. The highest BCUT2D eigenvalue weighted by molar-refractivity contribution is 6.12. The second kappa shape index (κ2) is 17.8. The number of hydrogen-bond donors (Lipinski definition) is 2. The molecule has 4 aromatic carbocycles. The Morgan fingerprint density at radius 1 is 0.776 bits per heavy atom. The molecule has 0 aliphatic rings. The molecule has 0 radical (unpaired) electrons. The summed E-state index contributed by atoms with van der Waals surface area (Å²) in [5, 5.41) is 15.3. The van der Waals surface area contributed by atoms with Gasteiger partial charge >= 0.3 is 6.03 Å². The topological polar surface area (TPSA) is 100 Å². The van der Waals surface area contributed by atoms with Crippen molar-refractivity contribution in [3.63, 3.8) is 0 Å². The molecule has 2 N–H and O–H groups in total. The van der Waals surface area contributed by atoms with E-state index in [1.807, 2.05) is 72.8 Å². The lowest BCUT2D eigenvalue weighted by Gasteiger charge is -2.20. The second-order valence-corrected chi connectivity index (χ2v) is 12.4. The third-order valence-corrected chi connectivity index (χ3v) is 8.60. The number of anilines is 2. The second-order valence-electron chi connectivity index (χ2n) is 12.4. The normalized spacial score (nSPS) is 11.6. The third kappa shape index (κ3) is 9.66. The van der Waals surface area contributed by atoms with E-state index in [4.69, 9.17) is 4.42 Å². The summed E-state index contributed by atoms with van der Waals surface area (Å²) in [6, 6.07) is 32.7. The highest BCUT2D eigenvalue weighted by atomic mass is 16.4. The number of ketones is 1. The molecule has 0 aliphatic carbocycles. The van der Waals surface area contributed by atoms with Crippen molar-refractivity contribution in [1.29, 1.82) is 0 Å². The number of urea groups is 1. The van der Waals surface area contributed by atoms with Crippen LogP contribution in [-0.2, 0) is 12.8 Å². The smallest absolute Gasteiger partial charge is 0.321 e. The van der Waals surface area contributed by atoms with E-state index >= 15 is 0 Å². The van der Waals surface area contributed by atoms with Gasteiger partial charge in [-0.25, -0.2) is 4.79 Å². The van der Waals surface area contributed by atoms with Crippen molar-refractivity contribution < 1.29 is 14.0 Å². The summed E-state index contributed by atoms with van der Waals surface area (Å²) in [4.78, 5) is 28.0. The van der Waals surface area contributed by atoms with Crippen LogP contribution in [0.3, 0.4) is 0 Å². The first kappa shape index (κ1) is 35.1. The Labute approximate surface area is 290 Å². The molecule has 2 amide bonds. The summed E-state index contributed by atoms with van der Waals surface area (Å²) >= 11 is 0. The first-order valence-electron chi connectivity index (χ1n) is 17.4. The number of nitrogens with zero attached hydrogens (tertiary/aromatic N) is 3. The van der Waals surface area contributed by atoms with Crippen LogP contribution in [0.1, 0.15) is 91.7 Å². The Bertz CT molecular complexity index is 1780. The van der Waals surface area contributed by atoms with Gasteiger partial charge < -0.3 is 15.1 Å². The van der Waals surface area contributed by atoms with Gasteiger partial charge in [0.2, 0.25) is 11.8 Å². The largest absolute Gasteiger partial charge is 0.423 e. The lowest BCUT2D eigenvalue weighted by Crippen LogP contribution is -2.37. The van der Waals surface area contributed by atoms with Crippen LogP contribution in [0.4, 0.5) is 16.2 Å². The molecule has 1 heterocycles. The van der Waals surface area contributed by atoms with Gasteiger partial charge in [-0.3, -0.25) is 9.69 Å². The summed E-state index contributed by atoms with van der Waals surface area (Å²) in [7, 11) is 1.80. The number of amides is 2. The highest BCUT2D eigenvalue weighted by Crippen LogP contribution is 2.29. The Kier molecular flexibility index (Phi) is 12.7. The minimum Gasteiger partial charge on any atom is -0.423 e. The van der Waals surface area contributed by atoms with Crippen LogP contribution >= 0.6 is 0 Å². The molecule has 0 fully saturated rings. The molecule has 8 nitrogen and oxygen atoms in total. The summed E-state index contributed by atoms with van der Waals surface area (Å²) in [6.07, 6.45) is 7.94. The van der Waals surface area contributed by atoms with Crippen LogP contribution in [-0.4, -0.2) is 35.6 Å². The fraction of sp³-hybridized carbons (Fsp3) is 0.317. The van der Waals surface area contributed by atoms with Crippen molar-refractivity contribution in [3.05, 3.63) is 132 Å². The zero-order valence-corrected chi connectivity index (χ0v) is 28.8. The monoisotopic (exact) mass is 657 g/mol. The van der Waals surface area contributed by atoms with Crippen molar-refractivity contribution >= 4 is 23.2 Å². The van der Waals surface area contributed by atoms with Gasteiger partial charge in [0.1, 0.15) is 6.04 Å². The molecule has 5 aromatic rings. The van der Waals surface area contributed by atoms with Gasteiger partial charge in [0.15, 0.2) is 5.78 Å². The molecule has 0 saturated carbocycles. The van der Waals surface area contributed by atoms with Gasteiger partial charge in [0.05, 0.1) is 0 Å². The summed E-state index contributed by atoms with van der Waals surface area (Å²) < 4.78 is 6.10. The number of hydrogen-bond acceptors (Lipinski definition) is 6. The third-order valence-electron chi connectivity index (χ3n) is 8.60. The number of aryl methyl sites for hydroxylation is 1. The number of nitrogens with one attached hydrogen (secondary N) is 2. The van der Waals surface area contributed by atoms with Gasteiger partial charge in [-0.05, 0) is 53.8 Å². The maximum absolute atomic E-state index is 13.5. The minimum absolute atomic E-state index is 0.0585. The van der Waals surface area contributed by atoms with Crippen molar-refractivity contribution in [2.45, 2.75) is 71.3 Å². The Hall–Kier alpha value is -5.24. The Balaban J connectivity index is 1.31. The molecule has 49 heavy (non-hydrogen) atoms. The zero-order valence-electron chi connectivity index (χ0n) is 28.8. The van der Waals surface area contributed by atoms with Crippen LogP contribution in [0.2, 0.25) is 0 Å². The number of rotatable bonds is 17. The molecule has 0 spiro atoms. The van der Waals surface area contributed by atoms with Crippen molar-refractivity contribution in [2.24, 2.45) is 0 Å². The average Bonchev–Trinajstić information content (AvgIpc) is 3.62. The first-order valence-corrected chi connectivity index (χ1v) is 17.4. The summed E-state index contributed by atoms with van der Waals surface area (Å²) in [5.41, 5.74) is 5.87. The molecular formula is C41H47N5O3. The molecule has 1 atom stereocenters. The molecule has 1 aromatic heterocycles. The maximum Gasteiger partial charge on any atom is 0.321 e. The molecule has 1 unspecified atom stereocenters. The van der Waals surface area contributed by atoms with Crippen molar-refractivity contribution in [3.8, 4) is 11.1 Å². The van der Waals surface area contributed by atoms with E-state index < -0.39 is 0 Å². The molecule has 5 rings (SSSR count). The fourth-order valence-electron chi connectivity index (χ4n) is 5.78. The van der Waals surface area contributed by atoms with E-state index in [2.05, 4.69) is 65.0 Å². The van der Waals surface area contributed by atoms with Crippen LogP contribution < -0.4 is 15.5 Å². The Morgan fingerprint density at radius 3 is 2.31 bits per heavy atom. The lowest BCUT2D eigenvalue weighted by atomic mass is 9.98. The first-order chi connectivity index (χ1) is 24.0. The molecule has 0 aliphatic heterocycles. The molecular weight excluding hydrogens is 610 g/mol. The Morgan fingerprint density at radius 2 is 1.53 bits per heavy atom. The van der Waals surface area contributed by atoms with E-state index in [9.17, 15) is 9.59 Å². The molecule has 0 bridgehead atoms. The number of benzene rings is 4. The van der Waals surface area contributed by atoms with E-state index in [0.29, 0.717) is 48.0 Å². The zero-order chi connectivity index (χ0) is 34.4. The summed E-state index contributed by atoms with van der Waals surface area (Å²) in [6.45, 7) is 4.96. The number of carbonyl (C=O) groups excluding carboxylic acids is 2. The van der Waals surface area contributed by atoms with Gasteiger partial charge in [-0.15, -0.1) is 10.2 Å². The SMILES string of the molecule is CCCCCCCNC(=O)N(C)c1cccc(-c2ccc(CC(Nc3ccccc3C(=O)c3ccccc3)c3nnc(CCC)o3)cc2)c1. The van der Waals surface area contributed by atoms with Crippen LogP contribution in [0.25, 0.3) is 11.1 Å². The summed E-state index contributed by atoms with van der Waals surface area (Å²) in [5.74, 6) is 1.01. The van der Waals surface area contributed by atoms with Crippen molar-refractivity contribution in [2.75, 3.05) is 23.8 Å². The van der Waals surface area contributed by atoms with E-state index in [1.165, 1.54) is 19.3 Å². The minimum atomic E-state index is -0.365. The van der Waals surface area contributed by atoms with Crippen molar-refractivity contribution in [1.82, 2.24) is 15.5 Å². The van der Waals surface area contributed by atoms with Crippen LogP contribution in [0.5, 0.6) is 0 Å². The van der Waals surface area contributed by atoms with Gasteiger partial charge in [-0.1, -0.05) is 118 Å². The van der Waals surface area contributed by atoms with Gasteiger partial charge in [0, 0.05) is 48.9 Å². The maximum atomic E-state index is 13.5. The van der Waals surface area contributed by atoms with E-state index in [0.717, 1.165) is 41.6 Å². The fourth-order valence-corrected chi connectivity index (χ4v) is 5.78.